The minimum Gasteiger partial charge on any atom is -0.395 e. The molecule has 0 radical (unpaired) electrons. The van der Waals surface area contributed by atoms with E-state index in [1.165, 1.54) is 12.1 Å². The average Bonchev–Trinajstić information content (AvgIpc) is 3.02. The number of rotatable bonds is 2. The quantitative estimate of drug-likeness (QED) is 0.813. The first-order valence-electron chi connectivity index (χ1n) is 7.23. The Labute approximate surface area is 150 Å². The van der Waals surface area contributed by atoms with Gasteiger partial charge in [0.15, 0.2) is 16.6 Å². The summed E-state index contributed by atoms with van der Waals surface area (Å²) in [5, 5.41) is 3.03. The van der Waals surface area contributed by atoms with Gasteiger partial charge in [-0.2, -0.15) is 0 Å². The van der Waals surface area contributed by atoms with Gasteiger partial charge in [-0.1, -0.05) is 11.3 Å². The molecule has 1 amide bonds. The number of carbonyl (C=O) groups excluding carboxylic acids is 1. The molecule has 2 aliphatic rings. The molecule has 0 saturated carbocycles. The zero-order valence-electron chi connectivity index (χ0n) is 12.7. The summed E-state index contributed by atoms with van der Waals surface area (Å²) in [6, 6.07) is 2.76. The molecule has 0 bridgehead atoms. The molecule has 0 spiro atoms. The van der Waals surface area contributed by atoms with E-state index in [9.17, 15) is 13.6 Å². The van der Waals surface area contributed by atoms with E-state index in [4.69, 9.17) is 10.5 Å². The topological polar surface area (TPSA) is 95.7 Å². The Kier molecular flexibility index (Phi) is 4.48. The molecule has 0 unspecified atom stereocenters. The average molecular weight is 394 g/mol. The van der Waals surface area contributed by atoms with Crippen molar-refractivity contribution < 1.29 is 27.8 Å². The number of ether oxygens (including phenoxy) is 3. The Morgan fingerprint density at radius 2 is 1.88 bits per heavy atom. The van der Waals surface area contributed by atoms with Crippen LogP contribution in [-0.4, -0.2) is 35.9 Å². The van der Waals surface area contributed by atoms with Gasteiger partial charge in [-0.15, -0.1) is 21.2 Å². The number of aromatic nitrogens is 1. The van der Waals surface area contributed by atoms with Gasteiger partial charge in [0.2, 0.25) is 5.91 Å². The van der Waals surface area contributed by atoms with Gasteiger partial charge in [0.1, 0.15) is 5.54 Å². The van der Waals surface area contributed by atoms with Crippen molar-refractivity contribution in [2.24, 2.45) is 5.73 Å². The number of halogens is 3. The fraction of sp³-hybridized carbons (Fsp3) is 0.429. The molecule has 4 rings (SSSR count). The van der Waals surface area contributed by atoms with Crippen LogP contribution in [0.25, 0.3) is 10.2 Å². The van der Waals surface area contributed by atoms with E-state index in [-0.39, 0.29) is 29.8 Å². The fourth-order valence-corrected chi connectivity index (χ4v) is 3.48. The molecule has 3 N–H and O–H groups in total. The maximum Gasteiger partial charge on any atom is 0.586 e. The van der Waals surface area contributed by atoms with Crippen molar-refractivity contribution in [2.75, 3.05) is 18.5 Å². The number of fused-ring (bicyclic) bond motifs is 2. The number of nitrogens with two attached hydrogens (primary N) is 1. The number of hydrogen-bond donors (Lipinski definition) is 2. The highest BCUT2D eigenvalue weighted by atomic mass is 35.5. The highest BCUT2D eigenvalue weighted by Crippen LogP contribution is 2.44. The number of alkyl halides is 2. The minimum atomic E-state index is -3.67. The molecular formula is C14H14ClF2N3O4S. The van der Waals surface area contributed by atoms with E-state index in [0.717, 1.165) is 11.3 Å². The Bertz CT molecular complexity index is 781. The van der Waals surface area contributed by atoms with Crippen molar-refractivity contribution in [3.8, 4) is 11.5 Å². The molecule has 1 aromatic heterocycles. The molecule has 0 aliphatic carbocycles. The maximum absolute atomic E-state index is 13.1. The number of hydrogen-bond acceptors (Lipinski definition) is 7. The minimum absolute atomic E-state index is 0. The Balaban J connectivity index is 0.00000182. The first-order chi connectivity index (χ1) is 11.3. The second-order valence-corrected chi connectivity index (χ2v) is 6.71. The monoisotopic (exact) mass is 393 g/mol. The van der Waals surface area contributed by atoms with Crippen LogP contribution in [0.1, 0.15) is 12.8 Å². The summed E-state index contributed by atoms with van der Waals surface area (Å²) in [5.41, 5.74) is 5.55. The summed E-state index contributed by atoms with van der Waals surface area (Å²) >= 11 is 1.14. The second-order valence-electron chi connectivity index (χ2n) is 5.68. The van der Waals surface area contributed by atoms with Crippen LogP contribution in [-0.2, 0) is 9.53 Å². The van der Waals surface area contributed by atoms with Gasteiger partial charge >= 0.3 is 6.29 Å². The molecule has 7 nitrogen and oxygen atoms in total. The van der Waals surface area contributed by atoms with E-state index in [1.807, 2.05) is 0 Å². The highest BCUT2D eigenvalue weighted by molar-refractivity contribution is 7.22. The summed E-state index contributed by atoms with van der Waals surface area (Å²) in [5.74, 6) is -0.486. The summed E-state index contributed by atoms with van der Waals surface area (Å²) < 4.78 is 40.7. The molecular weight excluding hydrogens is 380 g/mol. The van der Waals surface area contributed by atoms with Gasteiger partial charge in [-0.05, 0) is 12.8 Å². The number of amides is 1. The third-order valence-corrected chi connectivity index (χ3v) is 4.90. The van der Waals surface area contributed by atoms with Crippen molar-refractivity contribution in [1.29, 1.82) is 0 Å². The lowest BCUT2D eigenvalue weighted by Crippen LogP contribution is -2.54. The van der Waals surface area contributed by atoms with Crippen molar-refractivity contribution in [2.45, 2.75) is 24.7 Å². The van der Waals surface area contributed by atoms with Crippen molar-refractivity contribution in [3.63, 3.8) is 0 Å². The van der Waals surface area contributed by atoms with E-state index in [0.29, 0.717) is 41.4 Å². The SMILES string of the molecule is Cl.NC1(C(=O)Nc2nc3cc4c(cc3s2)OC(F)(F)O4)CCOCC1. The normalized spacial score (nSPS) is 20.1. The summed E-state index contributed by atoms with van der Waals surface area (Å²) in [7, 11) is 0. The molecule has 25 heavy (non-hydrogen) atoms. The molecule has 0 atom stereocenters. The van der Waals surface area contributed by atoms with Gasteiger partial charge in [-0.3, -0.25) is 4.79 Å². The summed E-state index contributed by atoms with van der Waals surface area (Å²) in [6.07, 6.45) is -2.82. The van der Waals surface area contributed by atoms with Crippen LogP contribution in [0.2, 0.25) is 0 Å². The number of anilines is 1. The summed E-state index contributed by atoms with van der Waals surface area (Å²) in [4.78, 5) is 16.6. The highest BCUT2D eigenvalue weighted by Gasteiger charge is 2.44. The predicted octanol–water partition coefficient (Wildman–Crippen LogP) is 2.49. The van der Waals surface area contributed by atoms with Gasteiger partial charge in [0, 0.05) is 25.3 Å². The van der Waals surface area contributed by atoms with Crippen molar-refractivity contribution in [1.82, 2.24) is 4.98 Å². The van der Waals surface area contributed by atoms with E-state index < -0.39 is 11.8 Å². The lowest BCUT2D eigenvalue weighted by Gasteiger charge is -2.31. The largest absolute Gasteiger partial charge is 0.586 e. The van der Waals surface area contributed by atoms with Crippen LogP contribution in [0.5, 0.6) is 11.5 Å². The van der Waals surface area contributed by atoms with E-state index in [2.05, 4.69) is 19.8 Å². The van der Waals surface area contributed by atoms with Gasteiger partial charge in [0.05, 0.1) is 10.2 Å². The van der Waals surface area contributed by atoms with Crippen molar-refractivity contribution in [3.05, 3.63) is 12.1 Å². The third kappa shape index (κ3) is 3.34. The molecule has 1 saturated heterocycles. The molecule has 1 aromatic carbocycles. The lowest BCUT2D eigenvalue weighted by atomic mass is 9.90. The molecule has 1 fully saturated rings. The van der Waals surface area contributed by atoms with Gasteiger partial charge in [0.25, 0.3) is 0 Å². The van der Waals surface area contributed by atoms with Crippen LogP contribution in [0.3, 0.4) is 0 Å². The number of carbonyl (C=O) groups is 1. The smallest absolute Gasteiger partial charge is 0.395 e. The number of benzene rings is 1. The fourth-order valence-electron chi connectivity index (χ4n) is 2.61. The number of nitrogens with zero attached hydrogens (tertiary/aromatic N) is 1. The van der Waals surface area contributed by atoms with Crippen LogP contribution in [0.15, 0.2) is 12.1 Å². The molecule has 11 heteroatoms. The zero-order valence-corrected chi connectivity index (χ0v) is 14.3. The van der Waals surface area contributed by atoms with Gasteiger partial charge in [-0.25, -0.2) is 4.98 Å². The van der Waals surface area contributed by atoms with Crippen molar-refractivity contribution >= 4 is 45.0 Å². The van der Waals surface area contributed by atoms with E-state index >= 15 is 0 Å². The Hall–Kier alpha value is -1.75. The molecule has 2 aliphatic heterocycles. The van der Waals surface area contributed by atoms with E-state index in [1.54, 1.807) is 0 Å². The second kappa shape index (κ2) is 6.20. The number of thiazole rings is 1. The van der Waals surface area contributed by atoms with Crippen LogP contribution in [0.4, 0.5) is 13.9 Å². The Morgan fingerprint density at radius 1 is 1.24 bits per heavy atom. The van der Waals surface area contributed by atoms with Crippen LogP contribution < -0.4 is 20.5 Å². The summed E-state index contributed by atoms with van der Waals surface area (Å²) in [6.45, 7) is 0.860. The van der Waals surface area contributed by atoms with Gasteiger partial charge < -0.3 is 25.3 Å². The lowest BCUT2D eigenvalue weighted by molar-refractivity contribution is -0.286. The molecule has 2 aromatic rings. The Morgan fingerprint density at radius 3 is 2.56 bits per heavy atom. The number of nitrogens with one attached hydrogen (secondary N) is 1. The molecule has 136 valence electrons. The predicted molar refractivity (Wildman–Crippen MR) is 88.7 cm³/mol. The first-order valence-corrected chi connectivity index (χ1v) is 8.05. The third-order valence-electron chi connectivity index (χ3n) is 3.97. The standard InChI is InChI=1S/C14H13F2N3O4S.ClH/c15-14(16)22-8-5-7-10(6-9(8)23-14)24-12(18-7)19-11(20)13(17)1-3-21-4-2-13;/h5-6H,1-4,17H2,(H,18,19,20);1H. The zero-order chi connectivity index (χ0) is 16.9. The molecule has 3 heterocycles. The maximum atomic E-state index is 13.1. The van der Waals surface area contributed by atoms with Crippen LogP contribution in [0, 0.1) is 0 Å². The first kappa shape index (κ1) is 18.1. The van der Waals surface area contributed by atoms with Crippen LogP contribution >= 0.6 is 23.7 Å².